The fourth-order valence-electron chi connectivity index (χ4n) is 7.52. The summed E-state index contributed by atoms with van der Waals surface area (Å²) in [6, 6.07) is 0. The molecule has 0 aromatic rings. The average molecular weight is 458 g/mol. The minimum Gasteiger partial charge on any atom is -0.469 e. The third kappa shape index (κ3) is 1.61. The van der Waals surface area contributed by atoms with Gasteiger partial charge in [0, 0.05) is 24.2 Å². The van der Waals surface area contributed by atoms with Crippen molar-refractivity contribution in [2.24, 2.45) is 34.5 Å². The van der Waals surface area contributed by atoms with E-state index in [2.05, 4.69) is 22.6 Å². The van der Waals surface area contributed by atoms with Crippen LogP contribution in [0.2, 0.25) is 0 Å². The summed E-state index contributed by atoms with van der Waals surface area (Å²) in [4.78, 5) is 38.5. The van der Waals surface area contributed by atoms with Crippen LogP contribution in [-0.4, -0.2) is 34.4 Å². The number of carbonyl (C=O) groups is 3. The van der Waals surface area contributed by atoms with E-state index in [1.54, 1.807) is 0 Å². The van der Waals surface area contributed by atoms with E-state index in [1.807, 2.05) is 6.92 Å². The Balaban J connectivity index is 1.76. The van der Waals surface area contributed by atoms with Crippen LogP contribution in [0, 0.1) is 34.5 Å². The van der Waals surface area contributed by atoms with Gasteiger partial charge in [0.15, 0.2) is 0 Å². The molecule has 1 aliphatic heterocycles. The minimum atomic E-state index is -0.631. The second-order valence-electron chi connectivity index (χ2n) is 9.05. The number of halogens is 1. The van der Waals surface area contributed by atoms with E-state index >= 15 is 0 Å². The summed E-state index contributed by atoms with van der Waals surface area (Å²) in [5.41, 5.74) is -1.60. The first-order valence-corrected chi connectivity index (χ1v) is 10.5. The van der Waals surface area contributed by atoms with Gasteiger partial charge in [0.05, 0.1) is 22.4 Å². The van der Waals surface area contributed by atoms with E-state index in [0.29, 0.717) is 12.2 Å². The second kappa shape index (κ2) is 4.78. The summed E-state index contributed by atoms with van der Waals surface area (Å²) in [5, 5.41) is 0. The smallest absolute Gasteiger partial charge is 0.312 e. The van der Waals surface area contributed by atoms with Crippen LogP contribution in [0.1, 0.15) is 45.4 Å². The standard InChI is InChI=1S/C19H23IO5/c1-17-6-5-12(20)19(25-16(17)23)11-4-3-9-7-18(11,8-10(9)21)13(14(17)19)15(22)24-2/h9,11-14H,3-8H2,1-2H3/t9-,11+,12+,13+,14+,17-,18+,19-/m0/s1. The summed E-state index contributed by atoms with van der Waals surface area (Å²) in [6.07, 6.45) is 4.65. The highest BCUT2D eigenvalue weighted by Gasteiger charge is 2.84. The molecule has 0 aromatic carbocycles. The van der Waals surface area contributed by atoms with Crippen LogP contribution >= 0.6 is 22.6 Å². The average Bonchev–Trinajstić information content (AvgIpc) is 3.05. The van der Waals surface area contributed by atoms with Crippen molar-refractivity contribution < 1.29 is 23.9 Å². The van der Waals surface area contributed by atoms with Crippen LogP contribution in [0.25, 0.3) is 0 Å². The Labute approximate surface area is 160 Å². The minimum absolute atomic E-state index is 0.0784. The van der Waals surface area contributed by atoms with Gasteiger partial charge in [-0.3, -0.25) is 14.4 Å². The molecule has 1 heterocycles. The van der Waals surface area contributed by atoms with Crippen molar-refractivity contribution in [3.8, 4) is 0 Å². The second-order valence-corrected chi connectivity index (χ2v) is 10.6. The Morgan fingerprint density at radius 1 is 1.28 bits per heavy atom. The van der Waals surface area contributed by atoms with Gasteiger partial charge >= 0.3 is 11.9 Å². The molecule has 4 bridgehead atoms. The van der Waals surface area contributed by atoms with Crippen molar-refractivity contribution in [3.63, 3.8) is 0 Å². The quantitative estimate of drug-likeness (QED) is 0.344. The van der Waals surface area contributed by atoms with Crippen LogP contribution in [-0.2, 0) is 23.9 Å². The zero-order valence-corrected chi connectivity index (χ0v) is 16.7. The number of Topliss-reactive ketones (excluding diaryl/α,β-unsaturated/α-hetero) is 1. The number of rotatable bonds is 1. The number of fused-ring (bicyclic) bond motifs is 1. The molecule has 8 atom stereocenters. The first-order chi connectivity index (χ1) is 11.8. The lowest BCUT2D eigenvalue weighted by Crippen LogP contribution is -2.53. The molecule has 6 heteroatoms. The molecule has 0 N–H and O–H groups in total. The zero-order chi connectivity index (χ0) is 17.8. The van der Waals surface area contributed by atoms with Gasteiger partial charge in [-0.15, -0.1) is 0 Å². The van der Waals surface area contributed by atoms with E-state index in [-0.39, 0.29) is 39.0 Å². The number of ketones is 1. The number of ether oxygens (including phenoxy) is 2. The van der Waals surface area contributed by atoms with Crippen molar-refractivity contribution >= 4 is 40.3 Å². The molecule has 4 aliphatic carbocycles. The molecule has 1 saturated heterocycles. The molecule has 136 valence electrons. The van der Waals surface area contributed by atoms with E-state index in [0.717, 1.165) is 32.1 Å². The maximum absolute atomic E-state index is 13.0. The van der Waals surface area contributed by atoms with E-state index in [1.165, 1.54) is 7.11 Å². The van der Waals surface area contributed by atoms with E-state index in [9.17, 15) is 14.4 Å². The molecule has 5 nitrogen and oxygen atoms in total. The van der Waals surface area contributed by atoms with Crippen molar-refractivity contribution in [1.82, 2.24) is 0 Å². The molecular weight excluding hydrogens is 435 g/mol. The van der Waals surface area contributed by atoms with Crippen LogP contribution in [0.4, 0.5) is 0 Å². The molecule has 0 unspecified atom stereocenters. The van der Waals surface area contributed by atoms with Gasteiger partial charge in [-0.05, 0) is 44.4 Å². The molecule has 0 aromatic heterocycles. The fraction of sp³-hybridized carbons (Fsp3) is 0.842. The SMILES string of the molecule is COC(=O)[C@H]1[C@H]2[C@]3(OC(=O)[C@@]2(C)CC[C@H]3I)[C@@H]2CC[C@H]3C[C@@]21CC3=O. The molecule has 5 rings (SSSR count). The van der Waals surface area contributed by atoms with Gasteiger partial charge in [-0.1, -0.05) is 22.6 Å². The van der Waals surface area contributed by atoms with Crippen molar-refractivity contribution in [3.05, 3.63) is 0 Å². The lowest BCUT2D eigenvalue weighted by molar-refractivity contribution is -0.160. The molecule has 25 heavy (non-hydrogen) atoms. The highest BCUT2D eigenvalue weighted by Crippen LogP contribution is 2.77. The number of hydrogen-bond acceptors (Lipinski definition) is 5. The summed E-state index contributed by atoms with van der Waals surface area (Å²) >= 11 is 2.43. The fourth-order valence-corrected chi connectivity index (χ4v) is 8.78. The van der Waals surface area contributed by atoms with Gasteiger partial charge in [-0.2, -0.15) is 0 Å². The predicted molar refractivity (Wildman–Crippen MR) is 95.9 cm³/mol. The van der Waals surface area contributed by atoms with Gasteiger partial charge in [0.1, 0.15) is 11.4 Å². The van der Waals surface area contributed by atoms with Crippen molar-refractivity contribution in [2.75, 3.05) is 7.11 Å². The highest BCUT2D eigenvalue weighted by molar-refractivity contribution is 14.1. The first-order valence-electron chi connectivity index (χ1n) is 9.29. The number of carbonyl (C=O) groups excluding carboxylic acids is 3. The Morgan fingerprint density at radius 2 is 2.04 bits per heavy atom. The van der Waals surface area contributed by atoms with Gasteiger partial charge in [0.25, 0.3) is 0 Å². The maximum Gasteiger partial charge on any atom is 0.312 e. The molecule has 5 aliphatic rings. The molecule has 4 saturated carbocycles. The molecular formula is C19H23IO5. The van der Waals surface area contributed by atoms with Gasteiger partial charge in [0.2, 0.25) is 0 Å². The lowest BCUT2D eigenvalue weighted by Gasteiger charge is -2.46. The first kappa shape index (κ1) is 16.5. The summed E-state index contributed by atoms with van der Waals surface area (Å²) < 4.78 is 11.6. The Morgan fingerprint density at radius 3 is 2.76 bits per heavy atom. The van der Waals surface area contributed by atoms with Crippen molar-refractivity contribution in [1.29, 1.82) is 0 Å². The highest BCUT2D eigenvalue weighted by atomic mass is 127. The Kier molecular flexibility index (Phi) is 3.16. The van der Waals surface area contributed by atoms with Crippen LogP contribution in [0.3, 0.4) is 0 Å². The summed E-state index contributed by atoms with van der Waals surface area (Å²) in [7, 11) is 1.42. The summed E-state index contributed by atoms with van der Waals surface area (Å²) in [6.45, 7) is 1.97. The molecule has 5 fully saturated rings. The summed E-state index contributed by atoms with van der Waals surface area (Å²) in [5.74, 6) is -0.478. The number of alkyl halides is 1. The van der Waals surface area contributed by atoms with Gasteiger partial charge in [-0.25, -0.2) is 0 Å². The van der Waals surface area contributed by atoms with E-state index < -0.39 is 16.9 Å². The number of methoxy groups -OCH3 is 1. The number of esters is 2. The maximum atomic E-state index is 13.0. The number of hydrogen-bond donors (Lipinski definition) is 0. The van der Waals surface area contributed by atoms with Crippen molar-refractivity contribution in [2.45, 2.75) is 55.0 Å². The Hall–Kier alpha value is -0.660. The van der Waals surface area contributed by atoms with E-state index in [4.69, 9.17) is 9.47 Å². The third-order valence-corrected chi connectivity index (χ3v) is 9.95. The normalized spacial score (nSPS) is 55.6. The lowest BCUT2D eigenvalue weighted by atomic mass is 9.60. The topological polar surface area (TPSA) is 69.7 Å². The van der Waals surface area contributed by atoms with Crippen LogP contribution in [0.15, 0.2) is 0 Å². The van der Waals surface area contributed by atoms with Crippen LogP contribution in [0.5, 0.6) is 0 Å². The third-order valence-electron chi connectivity index (χ3n) is 8.35. The molecule has 0 amide bonds. The molecule has 1 spiro atoms. The Bertz CT molecular complexity index is 706. The molecule has 0 radical (unpaired) electrons. The zero-order valence-electron chi connectivity index (χ0n) is 14.5. The monoisotopic (exact) mass is 458 g/mol. The largest absolute Gasteiger partial charge is 0.469 e. The van der Waals surface area contributed by atoms with Crippen LogP contribution < -0.4 is 0 Å². The van der Waals surface area contributed by atoms with Gasteiger partial charge < -0.3 is 9.47 Å². The predicted octanol–water partition coefficient (Wildman–Crippen LogP) is 2.68.